The van der Waals surface area contributed by atoms with Crippen molar-refractivity contribution in [3.63, 3.8) is 0 Å². The number of nitrogens with one attached hydrogen (secondary N) is 1. The molecule has 1 fully saturated rings. The van der Waals surface area contributed by atoms with E-state index >= 15 is 0 Å². The standard InChI is InChI=1S/C28H18ClF3N2O6/c1-39-23-14-17(7-11-22(23)40-24(35)12-8-16-5-9-19(29)10-6-16)13-21-25(36)33-27(38)34(26(21)37)20-4-2-3-18(15-20)28(30,31)32/h2-15H,1H3,(H,33,36,38)/b12-8+,21-13+. The molecule has 3 aromatic rings. The van der Waals surface area contributed by atoms with Crippen molar-refractivity contribution in [1.82, 2.24) is 5.32 Å². The number of rotatable bonds is 6. The quantitative estimate of drug-likeness (QED) is 0.178. The Kier molecular flexibility index (Phi) is 8.05. The van der Waals surface area contributed by atoms with Gasteiger partial charge < -0.3 is 9.47 Å². The lowest BCUT2D eigenvalue weighted by Gasteiger charge is -2.27. The summed E-state index contributed by atoms with van der Waals surface area (Å²) in [6.45, 7) is 0. The van der Waals surface area contributed by atoms with Gasteiger partial charge in [0.15, 0.2) is 11.5 Å². The second-order valence-corrected chi connectivity index (χ2v) is 8.66. The van der Waals surface area contributed by atoms with E-state index in [2.05, 4.69) is 0 Å². The van der Waals surface area contributed by atoms with Crippen molar-refractivity contribution < 1.29 is 41.8 Å². The minimum absolute atomic E-state index is 0.0376. The van der Waals surface area contributed by atoms with Gasteiger partial charge in [0, 0.05) is 11.1 Å². The number of hydrogen-bond donors (Lipinski definition) is 1. The van der Waals surface area contributed by atoms with Crippen LogP contribution in [0.15, 0.2) is 78.4 Å². The van der Waals surface area contributed by atoms with Crippen LogP contribution in [0.3, 0.4) is 0 Å². The number of carbonyl (C=O) groups is 4. The van der Waals surface area contributed by atoms with E-state index in [1.807, 2.05) is 5.32 Å². The van der Waals surface area contributed by atoms with E-state index in [0.29, 0.717) is 21.6 Å². The van der Waals surface area contributed by atoms with Crippen molar-refractivity contribution >= 4 is 53.3 Å². The number of amides is 4. The maximum Gasteiger partial charge on any atom is 0.416 e. The average molecular weight is 571 g/mol. The van der Waals surface area contributed by atoms with Crippen molar-refractivity contribution in [3.8, 4) is 11.5 Å². The fourth-order valence-electron chi connectivity index (χ4n) is 3.62. The number of halogens is 4. The molecule has 1 aliphatic rings. The molecule has 204 valence electrons. The number of carbonyl (C=O) groups excluding carboxylic acids is 4. The zero-order valence-electron chi connectivity index (χ0n) is 20.5. The molecule has 1 aliphatic heterocycles. The Morgan fingerprint density at radius 1 is 0.950 bits per heavy atom. The Balaban J connectivity index is 1.57. The summed E-state index contributed by atoms with van der Waals surface area (Å²) in [7, 11) is 1.31. The third-order valence-electron chi connectivity index (χ3n) is 5.52. The normalized spacial score (nSPS) is 15.0. The zero-order chi connectivity index (χ0) is 29.0. The molecule has 0 aromatic heterocycles. The van der Waals surface area contributed by atoms with Crippen LogP contribution in [0.4, 0.5) is 23.7 Å². The number of imide groups is 2. The van der Waals surface area contributed by atoms with Gasteiger partial charge in [0.05, 0.1) is 18.4 Å². The monoisotopic (exact) mass is 570 g/mol. The number of barbiturate groups is 1. The van der Waals surface area contributed by atoms with E-state index in [-0.39, 0.29) is 22.7 Å². The fraction of sp³-hybridized carbons (Fsp3) is 0.0714. The number of anilines is 1. The van der Waals surface area contributed by atoms with Gasteiger partial charge in [-0.25, -0.2) is 14.5 Å². The maximum absolute atomic E-state index is 13.2. The highest BCUT2D eigenvalue weighted by atomic mass is 35.5. The van der Waals surface area contributed by atoms with Crippen LogP contribution in [0, 0.1) is 0 Å². The van der Waals surface area contributed by atoms with Gasteiger partial charge in [-0.2, -0.15) is 13.2 Å². The van der Waals surface area contributed by atoms with Crippen molar-refractivity contribution in [2.45, 2.75) is 6.18 Å². The van der Waals surface area contributed by atoms with Gasteiger partial charge in [0.2, 0.25) is 0 Å². The summed E-state index contributed by atoms with van der Waals surface area (Å²) in [5.74, 6) is -2.76. The summed E-state index contributed by atoms with van der Waals surface area (Å²) < 4.78 is 50.0. The van der Waals surface area contributed by atoms with Gasteiger partial charge >= 0.3 is 18.2 Å². The van der Waals surface area contributed by atoms with Crippen LogP contribution in [0.5, 0.6) is 11.5 Å². The van der Waals surface area contributed by atoms with Crippen molar-refractivity contribution in [1.29, 1.82) is 0 Å². The fourth-order valence-corrected chi connectivity index (χ4v) is 3.74. The van der Waals surface area contributed by atoms with Crippen molar-refractivity contribution in [2.24, 2.45) is 0 Å². The second-order valence-electron chi connectivity index (χ2n) is 8.22. The molecule has 0 bridgehead atoms. The van der Waals surface area contributed by atoms with Crippen LogP contribution >= 0.6 is 11.6 Å². The SMILES string of the molecule is COc1cc(/C=C2\C(=O)NC(=O)N(c3cccc(C(F)(F)F)c3)C2=O)ccc1OC(=O)/C=C/c1ccc(Cl)cc1. The highest BCUT2D eigenvalue weighted by Gasteiger charge is 2.38. The van der Waals surface area contributed by atoms with Crippen LogP contribution in [-0.4, -0.2) is 30.9 Å². The Hall–Kier alpha value is -4.90. The largest absolute Gasteiger partial charge is 0.493 e. The number of benzene rings is 3. The van der Waals surface area contributed by atoms with E-state index < -0.39 is 41.1 Å². The maximum atomic E-state index is 13.2. The van der Waals surface area contributed by atoms with Crippen LogP contribution in [0.2, 0.25) is 5.02 Å². The molecule has 0 unspecified atom stereocenters. The third-order valence-corrected chi connectivity index (χ3v) is 5.78. The summed E-state index contributed by atoms with van der Waals surface area (Å²) in [5.41, 5.74) is -1.02. The smallest absolute Gasteiger partial charge is 0.416 e. The Morgan fingerprint density at radius 2 is 1.65 bits per heavy atom. The highest BCUT2D eigenvalue weighted by molar-refractivity contribution is 6.39. The predicted octanol–water partition coefficient (Wildman–Crippen LogP) is 5.65. The third kappa shape index (κ3) is 6.38. The molecule has 40 heavy (non-hydrogen) atoms. The highest BCUT2D eigenvalue weighted by Crippen LogP contribution is 2.33. The molecule has 1 heterocycles. The first-order chi connectivity index (χ1) is 19.0. The predicted molar refractivity (Wildman–Crippen MR) is 140 cm³/mol. The van der Waals surface area contributed by atoms with E-state index in [0.717, 1.165) is 24.3 Å². The Bertz CT molecular complexity index is 1560. The van der Waals surface area contributed by atoms with Gasteiger partial charge in [0.25, 0.3) is 11.8 Å². The molecule has 1 saturated heterocycles. The van der Waals surface area contributed by atoms with Gasteiger partial charge in [-0.05, 0) is 65.7 Å². The van der Waals surface area contributed by atoms with E-state index in [1.54, 1.807) is 24.3 Å². The summed E-state index contributed by atoms with van der Waals surface area (Å²) >= 11 is 5.84. The first kappa shape index (κ1) is 28.1. The van der Waals surface area contributed by atoms with Crippen LogP contribution in [0.1, 0.15) is 16.7 Å². The molecule has 8 nitrogen and oxygen atoms in total. The number of nitrogens with zero attached hydrogens (tertiary/aromatic N) is 1. The minimum atomic E-state index is -4.72. The van der Waals surface area contributed by atoms with Gasteiger partial charge in [-0.1, -0.05) is 35.9 Å². The second kappa shape index (κ2) is 11.5. The van der Waals surface area contributed by atoms with Crippen molar-refractivity contribution in [3.05, 3.63) is 100 Å². The number of urea groups is 1. The number of methoxy groups -OCH3 is 1. The molecule has 0 spiro atoms. The number of hydrogen-bond acceptors (Lipinski definition) is 6. The van der Waals surface area contributed by atoms with E-state index in [4.69, 9.17) is 21.1 Å². The molecule has 0 radical (unpaired) electrons. The molecular weight excluding hydrogens is 553 g/mol. The molecular formula is C28H18ClF3N2O6. The topological polar surface area (TPSA) is 102 Å². The molecule has 4 amide bonds. The first-order valence-corrected chi connectivity index (χ1v) is 11.8. The van der Waals surface area contributed by atoms with Crippen LogP contribution in [-0.2, 0) is 20.6 Å². The van der Waals surface area contributed by atoms with Gasteiger partial charge in [0.1, 0.15) is 5.57 Å². The number of ether oxygens (including phenoxy) is 2. The summed E-state index contributed by atoms with van der Waals surface area (Å²) in [5, 5.41) is 2.49. The van der Waals surface area contributed by atoms with Gasteiger partial charge in [-0.3, -0.25) is 14.9 Å². The molecule has 3 aromatic carbocycles. The van der Waals surface area contributed by atoms with Crippen LogP contribution < -0.4 is 19.7 Å². The lowest BCUT2D eigenvalue weighted by molar-refractivity contribution is -0.137. The lowest BCUT2D eigenvalue weighted by atomic mass is 10.1. The lowest BCUT2D eigenvalue weighted by Crippen LogP contribution is -2.54. The van der Waals surface area contributed by atoms with Crippen LogP contribution in [0.25, 0.3) is 12.2 Å². The molecule has 0 aliphatic carbocycles. The molecule has 1 N–H and O–H groups in total. The number of esters is 1. The summed E-state index contributed by atoms with van der Waals surface area (Å²) in [6.07, 6.45) is -0.871. The molecule has 0 atom stereocenters. The molecule has 4 rings (SSSR count). The zero-order valence-corrected chi connectivity index (χ0v) is 21.2. The number of alkyl halides is 3. The molecule has 12 heteroatoms. The van der Waals surface area contributed by atoms with E-state index in [1.165, 1.54) is 37.5 Å². The Labute approximate surface area is 230 Å². The van der Waals surface area contributed by atoms with E-state index in [9.17, 15) is 32.3 Å². The van der Waals surface area contributed by atoms with Gasteiger partial charge in [-0.15, -0.1) is 0 Å². The Morgan fingerprint density at radius 3 is 2.33 bits per heavy atom. The first-order valence-electron chi connectivity index (χ1n) is 11.4. The minimum Gasteiger partial charge on any atom is -0.493 e. The summed E-state index contributed by atoms with van der Waals surface area (Å²) in [4.78, 5) is 50.6. The molecule has 0 saturated carbocycles. The summed E-state index contributed by atoms with van der Waals surface area (Å²) in [6, 6.07) is 13.3. The van der Waals surface area contributed by atoms with Crippen molar-refractivity contribution in [2.75, 3.05) is 12.0 Å². The average Bonchev–Trinajstić information content (AvgIpc) is 2.91.